The van der Waals surface area contributed by atoms with E-state index in [9.17, 15) is 0 Å². The van der Waals surface area contributed by atoms with Crippen LogP contribution in [0.5, 0.6) is 0 Å². The largest absolute Gasteiger partial charge is 0.0619 e. The third-order valence-electron chi connectivity index (χ3n) is 7.49. The second-order valence-electron chi connectivity index (χ2n) is 7.58. The van der Waals surface area contributed by atoms with E-state index in [4.69, 9.17) is 0 Å². The minimum Gasteiger partial charge on any atom is -0.0619 e. The van der Waals surface area contributed by atoms with Gasteiger partial charge in [0, 0.05) is 0 Å². The van der Waals surface area contributed by atoms with Crippen molar-refractivity contribution in [3.05, 3.63) is 0 Å². The summed E-state index contributed by atoms with van der Waals surface area (Å²) in [6.45, 7) is 15.1. The summed E-state index contributed by atoms with van der Waals surface area (Å²) >= 11 is 0. The summed E-state index contributed by atoms with van der Waals surface area (Å²) in [5, 5.41) is 0. The van der Waals surface area contributed by atoms with E-state index >= 15 is 0 Å². The van der Waals surface area contributed by atoms with Crippen molar-refractivity contribution in [2.24, 2.45) is 33.5 Å². The molecule has 80 valence electrons. The van der Waals surface area contributed by atoms with Crippen LogP contribution in [0.1, 0.15) is 54.4 Å². The SMILES string of the molecule is CC1CC2C3(C)CC(C)(C)C3(C)C12C. The highest BCUT2D eigenvalue weighted by Crippen LogP contribution is 2.93. The Hall–Kier alpha value is 0. The Morgan fingerprint density at radius 2 is 1.57 bits per heavy atom. The molecule has 0 N–H and O–H groups in total. The molecule has 3 rings (SSSR count). The van der Waals surface area contributed by atoms with Crippen molar-refractivity contribution in [3.63, 3.8) is 0 Å². The van der Waals surface area contributed by atoms with Gasteiger partial charge >= 0.3 is 0 Å². The normalized spacial score (nSPS) is 68.1. The van der Waals surface area contributed by atoms with Gasteiger partial charge in [-0.2, -0.15) is 0 Å². The van der Waals surface area contributed by atoms with Gasteiger partial charge in [0.1, 0.15) is 0 Å². The first-order valence-electron chi connectivity index (χ1n) is 6.22. The Labute approximate surface area is 88.5 Å². The first-order valence-corrected chi connectivity index (χ1v) is 6.22. The highest BCUT2D eigenvalue weighted by molar-refractivity contribution is 5.35. The molecule has 0 heterocycles. The molecule has 5 unspecified atom stereocenters. The summed E-state index contributed by atoms with van der Waals surface area (Å²) < 4.78 is 0. The maximum Gasteiger partial charge on any atom is -0.0158 e. The Morgan fingerprint density at radius 1 is 1.00 bits per heavy atom. The minimum absolute atomic E-state index is 0.585. The summed E-state index contributed by atoms with van der Waals surface area (Å²) in [5.41, 5.74) is 2.57. The van der Waals surface area contributed by atoms with E-state index in [1.165, 1.54) is 12.8 Å². The number of rotatable bonds is 0. The molecule has 0 aromatic heterocycles. The summed E-state index contributed by atoms with van der Waals surface area (Å²) in [4.78, 5) is 0. The first-order chi connectivity index (χ1) is 6.22. The molecular weight excluding hydrogens is 168 g/mol. The van der Waals surface area contributed by atoms with Crippen LogP contribution in [0.2, 0.25) is 0 Å². The van der Waals surface area contributed by atoms with Crippen molar-refractivity contribution in [1.82, 2.24) is 0 Å². The quantitative estimate of drug-likeness (QED) is 0.542. The predicted molar refractivity (Wildman–Crippen MR) is 60.0 cm³/mol. The van der Waals surface area contributed by atoms with Crippen molar-refractivity contribution < 1.29 is 0 Å². The van der Waals surface area contributed by atoms with Crippen LogP contribution in [0.15, 0.2) is 0 Å². The lowest BCUT2D eigenvalue weighted by Gasteiger charge is -2.92. The van der Waals surface area contributed by atoms with E-state index in [2.05, 4.69) is 41.5 Å². The highest BCUT2D eigenvalue weighted by atomic mass is 14.9. The molecule has 0 radical (unpaired) electrons. The average molecular weight is 192 g/mol. The third kappa shape index (κ3) is 0.480. The molecule has 3 aliphatic carbocycles. The average Bonchev–Trinajstić information content (AvgIpc) is 2.09. The van der Waals surface area contributed by atoms with Crippen molar-refractivity contribution in [3.8, 4) is 0 Å². The van der Waals surface area contributed by atoms with E-state index in [0.717, 1.165) is 11.8 Å². The van der Waals surface area contributed by atoms with Gasteiger partial charge in [0.25, 0.3) is 0 Å². The van der Waals surface area contributed by atoms with Crippen molar-refractivity contribution >= 4 is 0 Å². The smallest absolute Gasteiger partial charge is 0.0158 e. The molecule has 0 aliphatic heterocycles. The van der Waals surface area contributed by atoms with Gasteiger partial charge in [-0.3, -0.25) is 0 Å². The molecule has 0 saturated heterocycles. The van der Waals surface area contributed by atoms with Gasteiger partial charge in [0.15, 0.2) is 0 Å². The van der Waals surface area contributed by atoms with Gasteiger partial charge in [-0.15, -0.1) is 0 Å². The summed E-state index contributed by atoms with van der Waals surface area (Å²) in [6, 6.07) is 0. The van der Waals surface area contributed by atoms with Crippen LogP contribution in [0, 0.1) is 33.5 Å². The molecule has 0 aromatic carbocycles. The topological polar surface area (TPSA) is 0 Å². The van der Waals surface area contributed by atoms with Crippen LogP contribution in [0.4, 0.5) is 0 Å². The third-order valence-corrected chi connectivity index (χ3v) is 7.49. The number of hydrogen-bond acceptors (Lipinski definition) is 0. The predicted octanol–water partition coefficient (Wildman–Crippen LogP) is 4.10. The van der Waals surface area contributed by atoms with Gasteiger partial charge in [-0.05, 0) is 46.3 Å². The van der Waals surface area contributed by atoms with Crippen LogP contribution in [-0.4, -0.2) is 0 Å². The van der Waals surface area contributed by atoms with Crippen LogP contribution in [0.25, 0.3) is 0 Å². The molecule has 0 heteroatoms. The first kappa shape index (κ1) is 9.24. The molecule has 3 saturated carbocycles. The molecule has 0 amide bonds. The summed E-state index contributed by atoms with van der Waals surface area (Å²) in [5.74, 6) is 2.01. The van der Waals surface area contributed by atoms with E-state index in [-0.39, 0.29) is 0 Å². The van der Waals surface area contributed by atoms with Gasteiger partial charge < -0.3 is 0 Å². The number of fused-ring (bicyclic) bond motifs is 4. The standard InChI is InChI=1S/C14H24/c1-9-7-10-12(4)8-11(2,3)14(12,6)13(9,10)5/h9-10H,7-8H2,1-6H3. The Bertz CT molecular complexity index is 316. The maximum atomic E-state index is 2.57. The summed E-state index contributed by atoms with van der Waals surface area (Å²) in [6.07, 6.45) is 2.96. The fraction of sp³-hybridized carbons (Fsp3) is 1.00. The van der Waals surface area contributed by atoms with Gasteiger partial charge in [0.05, 0.1) is 0 Å². The zero-order chi connectivity index (χ0) is 10.6. The fourth-order valence-corrected chi connectivity index (χ4v) is 6.47. The second kappa shape index (κ2) is 1.83. The van der Waals surface area contributed by atoms with Crippen molar-refractivity contribution in [2.75, 3.05) is 0 Å². The maximum absolute atomic E-state index is 2.57. The Morgan fingerprint density at radius 3 is 1.93 bits per heavy atom. The molecule has 3 aliphatic rings. The van der Waals surface area contributed by atoms with Crippen LogP contribution in [-0.2, 0) is 0 Å². The zero-order valence-corrected chi connectivity index (χ0v) is 10.6. The van der Waals surface area contributed by atoms with E-state index in [1.54, 1.807) is 0 Å². The number of hydrogen-bond donors (Lipinski definition) is 0. The van der Waals surface area contributed by atoms with Crippen LogP contribution in [0.3, 0.4) is 0 Å². The lowest BCUT2D eigenvalue weighted by Crippen LogP contribution is -2.87. The molecular formula is C14H24. The molecule has 0 spiro atoms. The molecule has 5 atom stereocenters. The monoisotopic (exact) mass is 192 g/mol. The molecule has 0 aromatic rings. The molecule has 0 nitrogen and oxygen atoms in total. The van der Waals surface area contributed by atoms with Crippen molar-refractivity contribution in [2.45, 2.75) is 54.4 Å². The Balaban J connectivity index is 2.07. The van der Waals surface area contributed by atoms with Gasteiger partial charge in [0.2, 0.25) is 0 Å². The van der Waals surface area contributed by atoms with E-state index in [0.29, 0.717) is 21.7 Å². The summed E-state index contributed by atoms with van der Waals surface area (Å²) in [7, 11) is 0. The Kier molecular flexibility index (Phi) is 1.21. The van der Waals surface area contributed by atoms with Gasteiger partial charge in [-0.25, -0.2) is 0 Å². The van der Waals surface area contributed by atoms with Gasteiger partial charge in [-0.1, -0.05) is 41.5 Å². The van der Waals surface area contributed by atoms with Crippen molar-refractivity contribution in [1.29, 1.82) is 0 Å². The lowest BCUT2D eigenvalue weighted by atomic mass is 9.12. The second-order valence-corrected chi connectivity index (χ2v) is 7.58. The zero-order valence-electron chi connectivity index (χ0n) is 10.6. The minimum atomic E-state index is 0.585. The van der Waals surface area contributed by atoms with E-state index < -0.39 is 0 Å². The van der Waals surface area contributed by atoms with Crippen LogP contribution < -0.4 is 0 Å². The molecule has 0 bridgehead atoms. The highest BCUT2D eigenvalue weighted by Gasteiger charge is 2.87. The fourth-order valence-electron chi connectivity index (χ4n) is 6.47. The lowest BCUT2D eigenvalue weighted by molar-refractivity contribution is -0.447. The molecule has 14 heavy (non-hydrogen) atoms. The molecule has 3 fully saturated rings. The van der Waals surface area contributed by atoms with E-state index in [1.807, 2.05) is 0 Å². The van der Waals surface area contributed by atoms with Crippen LogP contribution >= 0.6 is 0 Å².